The van der Waals surface area contributed by atoms with Gasteiger partial charge in [0.05, 0.1) is 19.5 Å². The fourth-order valence-electron chi connectivity index (χ4n) is 6.02. The zero-order valence-electron chi connectivity index (χ0n) is 21.5. The summed E-state index contributed by atoms with van der Waals surface area (Å²) in [6.45, 7) is 3.12. The van der Waals surface area contributed by atoms with Crippen molar-refractivity contribution in [3.63, 3.8) is 0 Å². The number of rotatable bonds is 11. The molecule has 1 aromatic carbocycles. The number of esters is 1. The van der Waals surface area contributed by atoms with Gasteiger partial charge in [-0.2, -0.15) is 11.8 Å². The highest BCUT2D eigenvalue weighted by Gasteiger charge is 2.52. The minimum Gasteiger partial charge on any atom is -0.467 e. The van der Waals surface area contributed by atoms with E-state index in [9.17, 15) is 9.18 Å². The van der Waals surface area contributed by atoms with Crippen molar-refractivity contribution >= 4 is 24.1 Å². The number of ether oxygens (including phenoxy) is 1. The number of unbranched alkanes of at least 4 members (excludes halogenated alkanes) is 1. The van der Waals surface area contributed by atoms with E-state index < -0.39 is 5.54 Å². The minimum absolute atomic E-state index is 0.0494. The van der Waals surface area contributed by atoms with Crippen LogP contribution < -0.4 is 0 Å². The van der Waals surface area contributed by atoms with Gasteiger partial charge in [0, 0.05) is 18.3 Å². The van der Waals surface area contributed by atoms with Crippen molar-refractivity contribution in [2.75, 3.05) is 39.8 Å². The summed E-state index contributed by atoms with van der Waals surface area (Å²) in [7, 11) is 5.66. The summed E-state index contributed by atoms with van der Waals surface area (Å²) < 4.78 is 19.2. The summed E-state index contributed by atoms with van der Waals surface area (Å²) in [5.74, 6) is 1.31. The van der Waals surface area contributed by atoms with Gasteiger partial charge in [0.15, 0.2) is 5.54 Å². The molecular weight excluding hydrogens is 449 g/mol. The van der Waals surface area contributed by atoms with E-state index in [0.717, 1.165) is 57.1 Å². The van der Waals surface area contributed by atoms with Crippen LogP contribution in [0.2, 0.25) is 0 Å². The van der Waals surface area contributed by atoms with Crippen molar-refractivity contribution in [3.8, 4) is 0 Å². The lowest BCUT2D eigenvalue weighted by molar-refractivity contribution is -0.147. The third-order valence-corrected chi connectivity index (χ3v) is 8.43. The number of hydrogen-bond acceptors (Lipinski definition) is 6. The van der Waals surface area contributed by atoms with Crippen LogP contribution in [-0.4, -0.2) is 73.4 Å². The van der Waals surface area contributed by atoms with E-state index in [1.165, 1.54) is 13.2 Å². The van der Waals surface area contributed by atoms with Crippen LogP contribution in [-0.2, 0) is 9.53 Å². The normalized spacial score (nSPS) is 27.9. The third-order valence-electron chi connectivity index (χ3n) is 7.70. The molecule has 2 aliphatic rings. The van der Waals surface area contributed by atoms with Gasteiger partial charge in [-0.25, -0.2) is 9.18 Å². The quantitative estimate of drug-likeness (QED) is 0.387. The molecule has 7 heteroatoms. The first kappa shape index (κ1) is 27.0. The highest BCUT2D eigenvalue weighted by atomic mass is 32.2. The molecule has 0 bridgehead atoms. The van der Waals surface area contributed by atoms with Gasteiger partial charge in [-0.1, -0.05) is 38.3 Å². The molecule has 1 aromatic rings. The van der Waals surface area contributed by atoms with Gasteiger partial charge in [0.2, 0.25) is 0 Å². The SMILES string of the molecule is CCCCN1C=NC(CSC)(C(=O)OC)C1CC1CCC(C(c2cccc(F)c2)N(C)C)CC1. The van der Waals surface area contributed by atoms with Crippen molar-refractivity contribution in [3.05, 3.63) is 35.6 Å². The maximum atomic E-state index is 13.9. The molecule has 1 heterocycles. The fourth-order valence-corrected chi connectivity index (χ4v) is 6.84. The van der Waals surface area contributed by atoms with Crippen molar-refractivity contribution in [1.29, 1.82) is 0 Å². The molecule has 0 radical (unpaired) electrons. The number of carbonyl (C=O) groups is 1. The Morgan fingerprint density at radius 2 is 2.06 bits per heavy atom. The molecular formula is C27H42FN3O2S. The van der Waals surface area contributed by atoms with Gasteiger partial charge >= 0.3 is 5.97 Å². The van der Waals surface area contributed by atoms with Crippen LogP contribution in [0.3, 0.4) is 0 Å². The summed E-state index contributed by atoms with van der Waals surface area (Å²) in [4.78, 5) is 22.3. The summed E-state index contributed by atoms with van der Waals surface area (Å²) in [6.07, 6.45) is 11.6. The molecule has 1 aliphatic heterocycles. The summed E-state index contributed by atoms with van der Waals surface area (Å²) in [5, 5.41) is 0. The largest absolute Gasteiger partial charge is 0.467 e. The Labute approximate surface area is 209 Å². The van der Waals surface area contributed by atoms with Crippen LogP contribution in [0.4, 0.5) is 4.39 Å². The van der Waals surface area contributed by atoms with E-state index >= 15 is 0 Å². The predicted molar refractivity (Wildman–Crippen MR) is 140 cm³/mol. The molecule has 0 saturated heterocycles. The Morgan fingerprint density at radius 3 is 2.65 bits per heavy atom. The standard InChI is InChI=1S/C27H42FN3O2S/c1-6-7-15-31-19-29-27(18-34-5,26(32)33-4)24(31)16-20-11-13-21(14-12-20)25(30(2)3)22-9-8-10-23(28)17-22/h8-10,17,19-21,24-25H,6-7,11-16,18H2,1-5H3. The number of methoxy groups -OCH3 is 1. The molecule has 0 amide bonds. The van der Waals surface area contributed by atoms with Crippen LogP contribution >= 0.6 is 11.8 Å². The van der Waals surface area contributed by atoms with E-state index in [2.05, 4.69) is 36.9 Å². The number of aliphatic imine (C=N–C) groups is 1. The molecule has 190 valence electrons. The first-order valence-corrected chi connectivity index (χ1v) is 14.1. The van der Waals surface area contributed by atoms with Crippen LogP contribution in [0.1, 0.15) is 63.5 Å². The lowest BCUT2D eigenvalue weighted by Gasteiger charge is -2.41. The summed E-state index contributed by atoms with van der Waals surface area (Å²) in [6, 6.07) is 7.34. The zero-order valence-corrected chi connectivity index (χ0v) is 22.3. The van der Waals surface area contributed by atoms with Crippen LogP contribution in [0.5, 0.6) is 0 Å². The summed E-state index contributed by atoms with van der Waals surface area (Å²) >= 11 is 1.66. The molecule has 1 fully saturated rings. The second kappa shape index (κ2) is 12.4. The second-order valence-electron chi connectivity index (χ2n) is 10.2. The fraction of sp³-hybridized carbons (Fsp3) is 0.704. The average molecular weight is 492 g/mol. The number of halogens is 1. The molecule has 5 nitrogen and oxygen atoms in total. The van der Waals surface area contributed by atoms with Gasteiger partial charge in [0.1, 0.15) is 5.82 Å². The topological polar surface area (TPSA) is 45.1 Å². The van der Waals surface area contributed by atoms with Crippen molar-refractivity contribution in [2.45, 2.75) is 69.5 Å². The first-order valence-electron chi connectivity index (χ1n) is 12.7. The van der Waals surface area contributed by atoms with Gasteiger partial charge in [0.25, 0.3) is 0 Å². The highest BCUT2D eigenvalue weighted by molar-refractivity contribution is 7.98. The van der Waals surface area contributed by atoms with Crippen molar-refractivity contribution in [2.24, 2.45) is 16.8 Å². The Morgan fingerprint density at radius 1 is 1.32 bits per heavy atom. The predicted octanol–water partition coefficient (Wildman–Crippen LogP) is 5.41. The van der Waals surface area contributed by atoms with Gasteiger partial charge in [-0.15, -0.1) is 0 Å². The lowest BCUT2D eigenvalue weighted by atomic mass is 9.73. The molecule has 3 rings (SSSR count). The van der Waals surface area contributed by atoms with E-state index in [1.807, 2.05) is 18.7 Å². The molecule has 0 N–H and O–H groups in total. The highest BCUT2D eigenvalue weighted by Crippen LogP contribution is 2.43. The number of benzene rings is 1. The van der Waals surface area contributed by atoms with Crippen LogP contribution in [0.25, 0.3) is 0 Å². The van der Waals surface area contributed by atoms with E-state index in [-0.39, 0.29) is 23.9 Å². The Balaban J connectivity index is 1.72. The smallest absolute Gasteiger partial charge is 0.336 e. The average Bonchev–Trinajstić information content (AvgIpc) is 3.16. The Bertz CT molecular complexity index is 828. The lowest BCUT2D eigenvalue weighted by Crippen LogP contribution is -2.54. The van der Waals surface area contributed by atoms with Gasteiger partial charge < -0.3 is 14.5 Å². The second-order valence-corrected chi connectivity index (χ2v) is 11.0. The first-order chi connectivity index (χ1) is 16.4. The molecule has 3 atom stereocenters. The zero-order chi connectivity index (χ0) is 24.7. The molecule has 0 spiro atoms. The Kier molecular flexibility index (Phi) is 9.84. The minimum atomic E-state index is -0.813. The molecule has 3 unspecified atom stereocenters. The van der Waals surface area contributed by atoms with Gasteiger partial charge in [-0.3, -0.25) is 4.99 Å². The number of nitrogens with zero attached hydrogens (tertiary/aromatic N) is 3. The van der Waals surface area contributed by atoms with Crippen LogP contribution in [0.15, 0.2) is 29.3 Å². The maximum absolute atomic E-state index is 13.9. The number of carbonyl (C=O) groups excluding carboxylic acids is 1. The van der Waals surface area contributed by atoms with E-state index in [4.69, 9.17) is 9.73 Å². The number of hydrogen-bond donors (Lipinski definition) is 0. The van der Waals surface area contributed by atoms with Crippen molar-refractivity contribution in [1.82, 2.24) is 9.80 Å². The molecule has 1 saturated carbocycles. The number of thioether (sulfide) groups is 1. The van der Waals surface area contributed by atoms with E-state index in [1.54, 1.807) is 17.8 Å². The molecule has 1 aliphatic carbocycles. The van der Waals surface area contributed by atoms with Crippen LogP contribution in [0, 0.1) is 17.7 Å². The third kappa shape index (κ3) is 5.96. The molecule has 34 heavy (non-hydrogen) atoms. The van der Waals surface area contributed by atoms with Crippen molar-refractivity contribution < 1.29 is 13.9 Å². The Hall–Kier alpha value is -1.60. The summed E-state index contributed by atoms with van der Waals surface area (Å²) in [5.41, 5.74) is 0.250. The van der Waals surface area contributed by atoms with E-state index in [0.29, 0.717) is 17.6 Å². The monoisotopic (exact) mass is 491 g/mol. The maximum Gasteiger partial charge on any atom is 0.336 e. The van der Waals surface area contributed by atoms with Gasteiger partial charge in [-0.05, 0) is 75.6 Å². The molecule has 0 aromatic heterocycles.